The molecule has 0 amide bonds. The summed E-state index contributed by atoms with van der Waals surface area (Å²) in [6, 6.07) is 12.7. The summed E-state index contributed by atoms with van der Waals surface area (Å²) in [7, 11) is 0. The molecular formula is C16H13ClO3S. The summed E-state index contributed by atoms with van der Waals surface area (Å²) in [5.41, 5.74) is 0.649. The van der Waals surface area contributed by atoms with Crippen LogP contribution < -0.4 is 4.74 Å². The quantitative estimate of drug-likeness (QED) is 0.625. The normalized spacial score (nSPS) is 10.8. The van der Waals surface area contributed by atoms with Crippen LogP contribution >= 0.6 is 23.4 Å². The number of carbonyl (C=O) groups is 1. The van der Waals surface area contributed by atoms with E-state index in [2.05, 4.69) is 0 Å². The van der Waals surface area contributed by atoms with Crippen LogP contribution in [0.2, 0.25) is 5.02 Å². The van der Waals surface area contributed by atoms with Crippen molar-refractivity contribution in [2.45, 2.75) is 4.90 Å². The number of ether oxygens (including phenoxy) is 1. The molecule has 0 fully saturated rings. The smallest absolute Gasteiger partial charge is 0.328 e. The molecule has 0 spiro atoms. The zero-order valence-corrected chi connectivity index (χ0v) is 12.8. The van der Waals surface area contributed by atoms with Gasteiger partial charge in [0.1, 0.15) is 11.5 Å². The molecule has 0 aliphatic rings. The maximum absolute atomic E-state index is 10.6. The van der Waals surface area contributed by atoms with E-state index in [-0.39, 0.29) is 0 Å². The van der Waals surface area contributed by atoms with E-state index < -0.39 is 5.97 Å². The van der Waals surface area contributed by atoms with Gasteiger partial charge in [0.25, 0.3) is 0 Å². The predicted octanol–water partition coefficient (Wildman–Crippen LogP) is 4.95. The standard InChI is InChI=1S/C16H13ClO3S/c1-21-14-7-5-13(6-8-14)20-15-10-12(17)4-2-11(15)3-9-16(18)19/h2-10H,1H3,(H,18,19)/b9-3+. The molecule has 2 aromatic carbocycles. The Morgan fingerprint density at radius 2 is 1.95 bits per heavy atom. The largest absolute Gasteiger partial charge is 0.478 e. The van der Waals surface area contributed by atoms with Crippen molar-refractivity contribution < 1.29 is 14.6 Å². The first kappa shape index (κ1) is 15.5. The predicted molar refractivity (Wildman–Crippen MR) is 86.4 cm³/mol. The molecule has 1 N–H and O–H groups in total. The van der Waals surface area contributed by atoms with Crippen molar-refractivity contribution in [2.24, 2.45) is 0 Å². The summed E-state index contributed by atoms with van der Waals surface area (Å²) in [6.07, 6.45) is 4.54. The monoisotopic (exact) mass is 320 g/mol. The summed E-state index contributed by atoms with van der Waals surface area (Å²) in [6.45, 7) is 0. The summed E-state index contributed by atoms with van der Waals surface area (Å²) < 4.78 is 5.78. The van der Waals surface area contributed by atoms with Gasteiger partial charge in [0.2, 0.25) is 0 Å². The zero-order chi connectivity index (χ0) is 15.2. The van der Waals surface area contributed by atoms with Crippen LogP contribution in [0, 0.1) is 0 Å². The van der Waals surface area contributed by atoms with Crippen LogP contribution in [0.25, 0.3) is 6.08 Å². The molecule has 0 unspecified atom stereocenters. The Balaban J connectivity index is 2.28. The third kappa shape index (κ3) is 4.55. The van der Waals surface area contributed by atoms with Gasteiger partial charge in [0.05, 0.1) is 0 Å². The van der Waals surface area contributed by atoms with Crippen molar-refractivity contribution >= 4 is 35.4 Å². The van der Waals surface area contributed by atoms with Crippen LogP contribution in [-0.4, -0.2) is 17.3 Å². The molecule has 108 valence electrons. The van der Waals surface area contributed by atoms with E-state index >= 15 is 0 Å². The lowest BCUT2D eigenvalue weighted by Gasteiger charge is -2.09. The van der Waals surface area contributed by atoms with E-state index in [0.29, 0.717) is 22.1 Å². The number of rotatable bonds is 5. The van der Waals surface area contributed by atoms with Gasteiger partial charge in [-0.2, -0.15) is 0 Å². The molecule has 3 nitrogen and oxygen atoms in total. The van der Waals surface area contributed by atoms with Gasteiger partial charge in [-0.3, -0.25) is 0 Å². The first-order valence-electron chi connectivity index (χ1n) is 6.11. The Bertz CT molecular complexity index is 666. The van der Waals surface area contributed by atoms with Gasteiger partial charge >= 0.3 is 5.97 Å². The molecule has 0 radical (unpaired) electrons. The van der Waals surface area contributed by atoms with E-state index in [0.717, 1.165) is 11.0 Å². The van der Waals surface area contributed by atoms with Gasteiger partial charge in [-0.1, -0.05) is 11.6 Å². The van der Waals surface area contributed by atoms with Crippen LogP contribution in [0.4, 0.5) is 0 Å². The minimum atomic E-state index is -1.01. The van der Waals surface area contributed by atoms with Crippen LogP contribution in [0.1, 0.15) is 5.56 Å². The maximum atomic E-state index is 10.6. The molecule has 0 aliphatic heterocycles. The number of halogens is 1. The first-order chi connectivity index (χ1) is 10.1. The number of carboxylic acid groups (broad SMARTS) is 1. The highest BCUT2D eigenvalue weighted by atomic mass is 35.5. The number of aliphatic carboxylic acids is 1. The maximum Gasteiger partial charge on any atom is 0.328 e. The summed E-state index contributed by atoms with van der Waals surface area (Å²) in [4.78, 5) is 11.8. The second-order valence-electron chi connectivity index (χ2n) is 4.13. The molecule has 0 aliphatic carbocycles. The fourth-order valence-electron chi connectivity index (χ4n) is 1.67. The number of benzene rings is 2. The molecule has 2 aromatic rings. The SMILES string of the molecule is CSc1ccc(Oc2cc(Cl)ccc2/C=C/C(=O)O)cc1. The van der Waals surface area contributed by atoms with Gasteiger partial charge < -0.3 is 9.84 Å². The van der Waals surface area contributed by atoms with Gasteiger partial charge in [-0.05, 0) is 48.7 Å². The van der Waals surface area contributed by atoms with E-state index in [9.17, 15) is 4.79 Å². The molecule has 0 saturated carbocycles. The molecule has 0 aromatic heterocycles. The lowest BCUT2D eigenvalue weighted by molar-refractivity contribution is -0.131. The Labute approximate surface area is 132 Å². The highest BCUT2D eigenvalue weighted by molar-refractivity contribution is 7.98. The Kier molecular flexibility index (Phi) is 5.31. The fraction of sp³-hybridized carbons (Fsp3) is 0.0625. The van der Waals surface area contributed by atoms with Gasteiger partial charge in [0, 0.05) is 27.6 Å². The topological polar surface area (TPSA) is 46.5 Å². The molecule has 0 atom stereocenters. The zero-order valence-electron chi connectivity index (χ0n) is 11.2. The molecule has 0 saturated heterocycles. The number of thioether (sulfide) groups is 1. The number of hydrogen-bond acceptors (Lipinski definition) is 3. The van der Waals surface area contributed by atoms with Crippen molar-refractivity contribution in [2.75, 3.05) is 6.26 Å². The van der Waals surface area contributed by atoms with Crippen LogP contribution in [0.15, 0.2) is 53.4 Å². The van der Waals surface area contributed by atoms with Gasteiger partial charge in [0.15, 0.2) is 0 Å². The minimum Gasteiger partial charge on any atom is -0.478 e. The third-order valence-corrected chi connectivity index (χ3v) is 3.65. The number of carboxylic acids is 1. The van der Waals surface area contributed by atoms with Crippen molar-refractivity contribution in [3.05, 3.63) is 59.1 Å². The molecule has 5 heteroatoms. The van der Waals surface area contributed by atoms with E-state index in [1.165, 1.54) is 6.08 Å². The highest BCUT2D eigenvalue weighted by Gasteiger charge is 2.05. The summed E-state index contributed by atoms with van der Waals surface area (Å²) >= 11 is 7.62. The summed E-state index contributed by atoms with van der Waals surface area (Å²) in [5.74, 6) is 0.164. The number of hydrogen-bond donors (Lipinski definition) is 1. The molecule has 0 bridgehead atoms. The van der Waals surface area contributed by atoms with E-state index in [4.69, 9.17) is 21.4 Å². The third-order valence-electron chi connectivity index (χ3n) is 2.67. The fourth-order valence-corrected chi connectivity index (χ4v) is 2.24. The molecule has 2 rings (SSSR count). The van der Waals surface area contributed by atoms with Crippen molar-refractivity contribution in [1.29, 1.82) is 0 Å². The molecular weight excluding hydrogens is 308 g/mol. The second kappa shape index (κ2) is 7.20. The van der Waals surface area contributed by atoms with E-state index in [1.807, 2.05) is 30.5 Å². The Morgan fingerprint density at radius 1 is 1.24 bits per heavy atom. The second-order valence-corrected chi connectivity index (χ2v) is 5.45. The van der Waals surface area contributed by atoms with Crippen LogP contribution in [0.5, 0.6) is 11.5 Å². The first-order valence-corrected chi connectivity index (χ1v) is 7.71. The molecule has 0 heterocycles. The lowest BCUT2D eigenvalue weighted by Crippen LogP contribution is -1.90. The van der Waals surface area contributed by atoms with Crippen LogP contribution in [-0.2, 0) is 4.79 Å². The average Bonchev–Trinajstić information content (AvgIpc) is 2.47. The summed E-state index contributed by atoms with van der Waals surface area (Å²) in [5, 5.41) is 9.24. The highest BCUT2D eigenvalue weighted by Crippen LogP contribution is 2.30. The lowest BCUT2D eigenvalue weighted by atomic mass is 10.2. The van der Waals surface area contributed by atoms with E-state index in [1.54, 1.807) is 30.0 Å². The van der Waals surface area contributed by atoms with Gasteiger partial charge in [-0.15, -0.1) is 11.8 Å². The molecule has 21 heavy (non-hydrogen) atoms. The Morgan fingerprint density at radius 3 is 2.57 bits per heavy atom. The van der Waals surface area contributed by atoms with Crippen molar-refractivity contribution in [3.63, 3.8) is 0 Å². The minimum absolute atomic E-state index is 0.511. The average molecular weight is 321 g/mol. The van der Waals surface area contributed by atoms with Crippen molar-refractivity contribution in [1.82, 2.24) is 0 Å². The Hall–Kier alpha value is -1.91. The van der Waals surface area contributed by atoms with Gasteiger partial charge in [-0.25, -0.2) is 4.79 Å². The van der Waals surface area contributed by atoms with Crippen molar-refractivity contribution in [3.8, 4) is 11.5 Å². The van der Waals surface area contributed by atoms with Crippen LogP contribution in [0.3, 0.4) is 0 Å².